The minimum absolute atomic E-state index is 0.0124. The van der Waals surface area contributed by atoms with E-state index in [1.54, 1.807) is 12.3 Å². The number of fused-ring (bicyclic) bond motifs is 2. The summed E-state index contributed by atoms with van der Waals surface area (Å²) in [6, 6.07) is 1.92. The molecule has 0 unspecified atom stereocenters. The Balaban J connectivity index is 1.84. The molecule has 2 aliphatic rings. The fourth-order valence-corrected chi connectivity index (χ4v) is 3.10. The molecule has 1 spiro atoms. The first-order chi connectivity index (χ1) is 11.3. The molecule has 1 aromatic rings. The number of nitrogens with one attached hydrogen (secondary N) is 1. The van der Waals surface area contributed by atoms with Crippen molar-refractivity contribution in [3.8, 4) is 0 Å². The standard InChI is InChI=1S/C18H22N2O4/c1-17(2,3)24-14(21)5-4-12-10-13-15(19-11-12)20-16(22)18(13)6-8-23-9-7-18/h4-5,10-11H,6-9H2,1-3H3,(H,19,20,22). The highest BCUT2D eigenvalue weighted by molar-refractivity contribution is 6.05. The number of aromatic nitrogens is 1. The van der Waals surface area contributed by atoms with Gasteiger partial charge in [-0.05, 0) is 51.3 Å². The van der Waals surface area contributed by atoms with Crippen molar-refractivity contribution < 1.29 is 19.1 Å². The van der Waals surface area contributed by atoms with Crippen molar-refractivity contribution >= 4 is 23.8 Å². The van der Waals surface area contributed by atoms with Gasteiger partial charge in [-0.3, -0.25) is 4.79 Å². The van der Waals surface area contributed by atoms with Gasteiger partial charge < -0.3 is 14.8 Å². The molecule has 0 atom stereocenters. The molecule has 6 nitrogen and oxygen atoms in total. The van der Waals surface area contributed by atoms with Crippen molar-refractivity contribution in [1.29, 1.82) is 0 Å². The van der Waals surface area contributed by atoms with Crippen LogP contribution in [-0.4, -0.2) is 35.7 Å². The fourth-order valence-electron chi connectivity index (χ4n) is 3.10. The Labute approximate surface area is 141 Å². The van der Waals surface area contributed by atoms with Gasteiger partial charge in [0, 0.05) is 31.1 Å². The molecule has 1 N–H and O–H groups in total. The van der Waals surface area contributed by atoms with Crippen LogP contribution in [0.4, 0.5) is 5.82 Å². The van der Waals surface area contributed by atoms with Gasteiger partial charge in [-0.25, -0.2) is 9.78 Å². The Kier molecular flexibility index (Phi) is 4.17. The molecular weight excluding hydrogens is 308 g/mol. The van der Waals surface area contributed by atoms with E-state index in [0.717, 1.165) is 11.1 Å². The lowest BCUT2D eigenvalue weighted by atomic mass is 9.75. The van der Waals surface area contributed by atoms with Crippen molar-refractivity contribution in [1.82, 2.24) is 4.98 Å². The highest BCUT2D eigenvalue weighted by atomic mass is 16.6. The van der Waals surface area contributed by atoms with E-state index in [0.29, 0.717) is 31.9 Å². The van der Waals surface area contributed by atoms with Gasteiger partial charge in [0.25, 0.3) is 0 Å². The lowest BCUT2D eigenvalue weighted by Crippen LogP contribution is -2.40. The molecule has 1 amide bonds. The van der Waals surface area contributed by atoms with E-state index in [4.69, 9.17) is 9.47 Å². The topological polar surface area (TPSA) is 77.5 Å². The molecule has 1 fully saturated rings. The highest BCUT2D eigenvalue weighted by Crippen LogP contribution is 2.43. The molecule has 1 aromatic heterocycles. The number of nitrogens with zero attached hydrogens (tertiary/aromatic N) is 1. The van der Waals surface area contributed by atoms with E-state index in [1.165, 1.54) is 6.08 Å². The van der Waals surface area contributed by atoms with Crippen molar-refractivity contribution in [3.63, 3.8) is 0 Å². The van der Waals surface area contributed by atoms with Gasteiger partial charge in [0.05, 0.1) is 5.41 Å². The Bertz CT molecular complexity index is 697. The second kappa shape index (κ2) is 6.02. The molecule has 6 heteroatoms. The summed E-state index contributed by atoms with van der Waals surface area (Å²) >= 11 is 0. The molecule has 2 aliphatic heterocycles. The molecule has 0 aromatic carbocycles. The van der Waals surface area contributed by atoms with E-state index in [1.807, 2.05) is 26.8 Å². The maximum atomic E-state index is 12.4. The molecular formula is C18H22N2O4. The van der Waals surface area contributed by atoms with Gasteiger partial charge in [-0.15, -0.1) is 0 Å². The van der Waals surface area contributed by atoms with E-state index >= 15 is 0 Å². The van der Waals surface area contributed by atoms with Crippen LogP contribution in [0.5, 0.6) is 0 Å². The van der Waals surface area contributed by atoms with Crippen LogP contribution in [0.1, 0.15) is 44.7 Å². The average Bonchev–Trinajstić information content (AvgIpc) is 2.77. The summed E-state index contributed by atoms with van der Waals surface area (Å²) in [5.74, 6) is 0.191. The quantitative estimate of drug-likeness (QED) is 0.666. The van der Waals surface area contributed by atoms with Gasteiger partial charge in [0.1, 0.15) is 11.4 Å². The lowest BCUT2D eigenvalue weighted by molar-refractivity contribution is -0.148. The van der Waals surface area contributed by atoms with Crippen LogP contribution in [-0.2, 0) is 24.5 Å². The predicted molar refractivity (Wildman–Crippen MR) is 89.5 cm³/mol. The smallest absolute Gasteiger partial charge is 0.331 e. The third-order valence-corrected chi connectivity index (χ3v) is 4.26. The molecule has 24 heavy (non-hydrogen) atoms. The first-order valence-corrected chi connectivity index (χ1v) is 8.11. The maximum Gasteiger partial charge on any atom is 0.331 e. The number of pyridine rings is 1. The van der Waals surface area contributed by atoms with Crippen molar-refractivity contribution in [2.45, 2.75) is 44.6 Å². The number of carbonyl (C=O) groups excluding carboxylic acids is 2. The monoisotopic (exact) mass is 330 g/mol. The van der Waals surface area contributed by atoms with E-state index < -0.39 is 17.0 Å². The zero-order chi connectivity index (χ0) is 17.4. The third kappa shape index (κ3) is 3.19. The van der Waals surface area contributed by atoms with Crippen LogP contribution >= 0.6 is 0 Å². The van der Waals surface area contributed by atoms with Gasteiger partial charge in [-0.2, -0.15) is 0 Å². The minimum Gasteiger partial charge on any atom is -0.457 e. The molecule has 1 saturated heterocycles. The number of ether oxygens (including phenoxy) is 2. The second-order valence-electron chi connectivity index (χ2n) is 7.18. The molecule has 0 saturated carbocycles. The van der Waals surface area contributed by atoms with Crippen LogP contribution in [0.3, 0.4) is 0 Å². The van der Waals surface area contributed by atoms with Gasteiger partial charge in [0.15, 0.2) is 0 Å². The zero-order valence-corrected chi connectivity index (χ0v) is 14.2. The van der Waals surface area contributed by atoms with Crippen LogP contribution in [0.15, 0.2) is 18.3 Å². The number of hydrogen-bond donors (Lipinski definition) is 1. The number of hydrogen-bond acceptors (Lipinski definition) is 5. The SMILES string of the molecule is CC(C)(C)OC(=O)C=Cc1cnc2c(c1)C1(CCOCC1)C(=O)N2. The van der Waals surface area contributed by atoms with Crippen molar-refractivity contribution in [2.24, 2.45) is 0 Å². The van der Waals surface area contributed by atoms with Gasteiger partial charge in [0.2, 0.25) is 5.91 Å². The summed E-state index contributed by atoms with van der Waals surface area (Å²) in [7, 11) is 0. The second-order valence-corrected chi connectivity index (χ2v) is 7.18. The molecule has 0 radical (unpaired) electrons. The highest BCUT2D eigenvalue weighted by Gasteiger charge is 2.48. The van der Waals surface area contributed by atoms with Crippen LogP contribution in [0.25, 0.3) is 6.08 Å². The van der Waals surface area contributed by atoms with Gasteiger partial charge >= 0.3 is 5.97 Å². The third-order valence-electron chi connectivity index (χ3n) is 4.26. The fraction of sp³-hybridized carbons (Fsp3) is 0.500. The molecule has 128 valence electrons. The summed E-state index contributed by atoms with van der Waals surface area (Å²) in [5.41, 5.74) is 0.570. The molecule has 3 rings (SSSR count). The van der Waals surface area contributed by atoms with Crippen molar-refractivity contribution in [2.75, 3.05) is 18.5 Å². The summed E-state index contributed by atoms with van der Waals surface area (Å²) in [6.07, 6.45) is 5.98. The van der Waals surface area contributed by atoms with E-state index in [2.05, 4.69) is 10.3 Å². The first-order valence-electron chi connectivity index (χ1n) is 8.11. The molecule has 0 aliphatic carbocycles. The summed E-state index contributed by atoms with van der Waals surface area (Å²) in [4.78, 5) is 28.6. The number of rotatable bonds is 2. The van der Waals surface area contributed by atoms with E-state index in [-0.39, 0.29) is 5.91 Å². The number of amides is 1. The minimum atomic E-state index is -0.559. The number of carbonyl (C=O) groups is 2. The molecule has 3 heterocycles. The number of anilines is 1. The summed E-state index contributed by atoms with van der Waals surface area (Å²) in [5, 5.41) is 2.86. The zero-order valence-electron chi connectivity index (χ0n) is 14.2. The first kappa shape index (κ1) is 16.6. The Morgan fingerprint density at radius 1 is 1.38 bits per heavy atom. The van der Waals surface area contributed by atoms with Gasteiger partial charge in [-0.1, -0.05) is 0 Å². The van der Waals surface area contributed by atoms with Crippen LogP contribution in [0.2, 0.25) is 0 Å². The summed E-state index contributed by atoms with van der Waals surface area (Å²) < 4.78 is 10.6. The maximum absolute atomic E-state index is 12.4. The number of esters is 1. The Morgan fingerprint density at radius 2 is 2.08 bits per heavy atom. The largest absolute Gasteiger partial charge is 0.457 e. The molecule has 0 bridgehead atoms. The predicted octanol–water partition coefficient (Wildman–Crippen LogP) is 2.44. The van der Waals surface area contributed by atoms with Crippen LogP contribution in [0, 0.1) is 0 Å². The average molecular weight is 330 g/mol. The Morgan fingerprint density at radius 3 is 2.75 bits per heavy atom. The van der Waals surface area contributed by atoms with E-state index in [9.17, 15) is 9.59 Å². The summed E-state index contributed by atoms with van der Waals surface area (Å²) in [6.45, 7) is 6.58. The lowest BCUT2D eigenvalue weighted by Gasteiger charge is -2.31. The van der Waals surface area contributed by atoms with Crippen molar-refractivity contribution in [3.05, 3.63) is 29.5 Å². The normalized spacial score (nSPS) is 19.4. The Hall–Kier alpha value is -2.21. The van der Waals surface area contributed by atoms with Crippen LogP contribution < -0.4 is 5.32 Å².